The van der Waals surface area contributed by atoms with Crippen molar-refractivity contribution >= 4 is 10.9 Å². The Morgan fingerprint density at radius 3 is 2.79 bits per heavy atom. The van der Waals surface area contributed by atoms with E-state index in [4.69, 9.17) is 5.73 Å². The lowest BCUT2D eigenvalue weighted by molar-refractivity contribution is 0.932. The van der Waals surface area contributed by atoms with Crippen LogP contribution in [0.2, 0.25) is 0 Å². The van der Waals surface area contributed by atoms with Crippen LogP contribution in [0.15, 0.2) is 30.5 Å². The van der Waals surface area contributed by atoms with Crippen LogP contribution in [0.4, 0.5) is 0 Å². The molecule has 0 aliphatic rings. The van der Waals surface area contributed by atoms with Crippen LogP contribution < -0.4 is 5.73 Å². The van der Waals surface area contributed by atoms with E-state index in [0.29, 0.717) is 6.54 Å². The Bertz CT molecular complexity index is 743. The zero-order chi connectivity index (χ0) is 13.4. The van der Waals surface area contributed by atoms with E-state index in [2.05, 4.69) is 34.0 Å². The first-order chi connectivity index (χ1) is 9.20. The number of H-pyrrole nitrogens is 1. The summed E-state index contributed by atoms with van der Waals surface area (Å²) in [5.74, 6) is 0. The van der Waals surface area contributed by atoms with Crippen LogP contribution in [0.25, 0.3) is 22.2 Å². The van der Waals surface area contributed by atoms with Gasteiger partial charge in [0.1, 0.15) is 0 Å². The number of nitrogens with two attached hydrogens (primary N) is 1. The third kappa shape index (κ3) is 1.90. The van der Waals surface area contributed by atoms with Crippen LogP contribution in [0.1, 0.15) is 17.1 Å². The van der Waals surface area contributed by atoms with Gasteiger partial charge in [0.25, 0.3) is 0 Å². The number of para-hydroxylation sites is 1. The maximum absolute atomic E-state index is 5.71. The van der Waals surface area contributed by atoms with E-state index in [-0.39, 0.29) is 0 Å². The van der Waals surface area contributed by atoms with Gasteiger partial charge in [0.15, 0.2) is 0 Å². The molecule has 0 bridgehead atoms. The number of benzene rings is 1. The molecule has 0 spiro atoms. The van der Waals surface area contributed by atoms with Gasteiger partial charge < -0.3 is 10.7 Å². The highest BCUT2D eigenvalue weighted by atomic mass is 14.8. The molecular weight excluding hydrogens is 236 g/mol. The SMILES string of the molecule is Cc1ncc(-c2c(C)[nH]c3ccccc23)nc1CN. The van der Waals surface area contributed by atoms with Crippen LogP contribution in [0.5, 0.6) is 0 Å². The lowest BCUT2D eigenvalue weighted by Gasteiger charge is -2.05. The topological polar surface area (TPSA) is 67.6 Å². The van der Waals surface area contributed by atoms with Crippen molar-refractivity contribution in [2.45, 2.75) is 20.4 Å². The van der Waals surface area contributed by atoms with E-state index in [0.717, 1.165) is 33.9 Å². The average molecular weight is 252 g/mol. The van der Waals surface area contributed by atoms with Gasteiger partial charge in [-0.3, -0.25) is 4.98 Å². The highest BCUT2D eigenvalue weighted by Crippen LogP contribution is 2.30. The Kier molecular flexibility index (Phi) is 2.80. The Morgan fingerprint density at radius 2 is 2.00 bits per heavy atom. The molecule has 0 aliphatic heterocycles. The van der Waals surface area contributed by atoms with E-state index >= 15 is 0 Å². The van der Waals surface area contributed by atoms with Crippen molar-refractivity contribution in [1.82, 2.24) is 15.0 Å². The number of hydrogen-bond donors (Lipinski definition) is 2. The monoisotopic (exact) mass is 252 g/mol. The molecule has 2 aromatic heterocycles. The lowest BCUT2D eigenvalue weighted by atomic mass is 10.1. The molecule has 2 heterocycles. The van der Waals surface area contributed by atoms with Gasteiger partial charge in [0, 0.05) is 28.7 Å². The molecule has 0 amide bonds. The van der Waals surface area contributed by atoms with Gasteiger partial charge in [0.2, 0.25) is 0 Å². The normalized spacial score (nSPS) is 11.1. The largest absolute Gasteiger partial charge is 0.358 e. The Morgan fingerprint density at radius 1 is 1.21 bits per heavy atom. The van der Waals surface area contributed by atoms with Gasteiger partial charge in [-0.25, -0.2) is 4.98 Å². The third-order valence-corrected chi connectivity index (χ3v) is 3.40. The molecule has 96 valence electrons. The second kappa shape index (κ2) is 4.48. The molecular formula is C15H16N4. The Labute approximate surface area is 111 Å². The smallest absolute Gasteiger partial charge is 0.0913 e. The highest BCUT2D eigenvalue weighted by Gasteiger charge is 2.13. The van der Waals surface area contributed by atoms with Gasteiger partial charge in [0.05, 0.1) is 23.3 Å². The van der Waals surface area contributed by atoms with Gasteiger partial charge in [-0.15, -0.1) is 0 Å². The fourth-order valence-corrected chi connectivity index (χ4v) is 2.41. The van der Waals surface area contributed by atoms with Crippen molar-refractivity contribution in [2.75, 3.05) is 0 Å². The number of nitrogens with one attached hydrogen (secondary N) is 1. The van der Waals surface area contributed by atoms with Crippen molar-refractivity contribution in [3.8, 4) is 11.3 Å². The number of fused-ring (bicyclic) bond motifs is 1. The highest BCUT2D eigenvalue weighted by molar-refractivity contribution is 5.96. The third-order valence-electron chi connectivity index (χ3n) is 3.40. The van der Waals surface area contributed by atoms with Gasteiger partial charge >= 0.3 is 0 Å². The number of aromatic amines is 1. The molecule has 0 saturated carbocycles. The predicted octanol–water partition coefficient (Wildman–Crippen LogP) is 2.70. The number of hydrogen-bond acceptors (Lipinski definition) is 3. The van der Waals surface area contributed by atoms with E-state index in [1.807, 2.05) is 25.3 Å². The molecule has 4 nitrogen and oxygen atoms in total. The number of aromatic nitrogens is 3. The predicted molar refractivity (Wildman–Crippen MR) is 76.7 cm³/mol. The Hall–Kier alpha value is -2.20. The minimum Gasteiger partial charge on any atom is -0.358 e. The minimum absolute atomic E-state index is 0.411. The second-order valence-corrected chi connectivity index (χ2v) is 4.66. The van der Waals surface area contributed by atoms with Crippen molar-refractivity contribution in [3.05, 3.63) is 47.5 Å². The first-order valence-corrected chi connectivity index (χ1v) is 6.31. The van der Waals surface area contributed by atoms with Crippen molar-refractivity contribution in [3.63, 3.8) is 0 Å². The minimum atomic E-state index is 0.411. The van der Waals surface area contributed by atoms with E-state index in [1.165, 1.54) is 5.39 Å². The number of nitrogens with zero attached hydrogens (tertiary/aromatic N) is 2. The molecule has 0 saturated heterocycles. The summed E-state index contributed by atoms with van der Waals surface area (Å²) in [4.78, 5) is 12.4. The summed E-state index contributed by atoms with van der Waals surface area (Å²) in [5, 5.41) is 1.17. The summed E-state index contributed by atoms with van der Waals surface area (Å²) in [7, 11) is 0. The molecule has 1 aromatic carbocycles. The summed E-state index contributed by atoms with van der Waals surface area (Å²) < 4.78 is 0. The van der Waals surface area contributed by atoms with Crippen molar-refractivity contribution in [1.29, 1.82) is 0 Å². The molecule has 3 aromatic rings. The van der Waals surface area contributed by atoms with Crippen LogP contribution in [-0.4, -0.2) is 15.0 Å². The zero-order valence-electron chi connectivity index (χ0n) is 11.1. The average Bonchev–Trinajstić information content (AvgIpc) is 2.75. The van der Waals surface area contributed by atoms with Crippen LogP contribution in [-0.2, 0) is 6.54 Å². The van der Waals surface area contributed by atoms with Crippen molar-refractivity contribution < 1.29 is 0 Å². The molecule has 3 rings (SSSR count). The number of aryl methyl sites for hydroxylation is 2. The molecule has 0 atom stereocenters. The quantitative estimate of drug-likeness (QED) is 0.736. The molecule has 0 aliphatic carbocycles. The fourth-order valence-electron chi connectivity index (χ4n) is 2.41. The van der Waals surface area contributed by atoms with Crippen LogP contribution >= 0.6 is 0 Å². The maximum atomic E-state index is 5.71. The summed E-state index contributed by atoms with van der Waals surface area (Å²) in [6, 6.07) is 8.22. The molecule has 0 fully saturated rings. The van der Waals surface area contributed by atoms with Crippen LogP contribution in [0, 0.1) is 13.8 Å². The number of rotatable bonds is 2. The summed E-state index contributed by atoms with van der Waals surface area (Å²) >= 11 is 0. The van der Waals surface area contributed by atoms with Gasteiger partial charge in [-0.05, 0) is 19.9 Å². The Balaban J connectivity index is 2.27. The fraction of sp³-hybridized carbons (Fsp3) is 0.200. The van der Waals surface area contributed by atoms with E-state index in [1.54, 1.807) is 0 Å². The standard InChI is InChI=1S/C15H16N4/c1-9-13(7-16)19-14(8-17-9)15-10(2)18-12-6-4-3-5-11(12)15/h3-6,8,18H,7,16H2,1-2H3. The summed E-state index contributed by atoms with van der Waals surface area (Å²) in [5.41, 5.74) is 11.7. The zero-order valence-corrected chi connectivity index (χ0v) is 11.1. The summed E-state index contributed by atoms with van der Waals surface area (Å²) in [6.07, 6.45) is 1.82. The maximum Gasteiger partial charge on any atom is 0.0913 e. The molecule has 0 radical (unpaired) electrons. The van der Waals surface area contributed by atoms with E-state index in [9.17, 15) is 0 Å². The molecule has 4 heteroatoms. The lowest BCUT2D eigenvalue weighted by Crippen LogP contribution is -2.05. The van der Waals surface area contributed by atoms with E-state index < -0.39 is 0 Å². The molecule has 19 heavy (non-hydrogen) atoms. The molecule has 3 N–H and O–H groups in total. The van der Waals surface area contributed by atoms with Gasteiger partial charge in [-0.1, -0.05) is 18.2 Å². The first kappa shape index (κ1) is 11.9. The van der Waals surface area contributed by atoms with Crippen molar-refractivity contribution in [2.24, 2.45) is 5.73 Å². The van der Waals surface area contributed by atoms with Gasteiger partial charge in [-0.2, -0.15) is 0 Å². The second-order valence-electron chi connectivity index (χ2n) is 4.66. The van der Waals surface area contributed by atoms with Crippen LogP contribution in [0.3, 0.4) is 0 Å². The molecule has 0 unspecified atom stereocenters. The first-order valence-electron chi connectivity index (χ1n) is 6.31. The summed E-state index contributed by atoms with van der Waals surface area (Å²) in [6.45, 7) is 4.40.